The van der Waals surface area contributed by atoms with Gasteiger partial charge in [0.2, 0.25) is 5.09 Å². The summed E-state index contributed by atoms with van der Waals surface area (Å²) in [5.41, 5.74) is 0.0799. The van der Waals surface area contributed by atoms with E-state index in [1.807, 2.05) is 0 Å². The van der Waals surface area contributed by atoms with E-state index in [4.69, 9.17) is 4.42 Å². The minimum atomic E-state index is -3.84. The summed E-state index contributed by atoms with van der Waals surface area (Å²) in [6.45, 7) is 5.37. The van der Waals surface area contributed by atoms with Gasteiger partial charge in [-0.1, -0.05) is 12.1 Å². The smallest absolute Gasteiger partial charge is 0.287 e. The van der Waals surface area contributed by atoms with E-state index in [1.54, 1.807) is 32.9 Å². The van der Waals surface area contributed by atoms with Crippen molar-refractivity contribution in [2.75, 3.05) is 6.54 Å². The van der Waals surface area contributed by atoms with E-state index >= 15 is 0 Å². The molecule has 8 heteroatoms. The van der Waals surface area contributed by atoms with Gasteiger partial charge >= 0.3 is 0 Å². The highest BCUT2D eigenvalue weighted by Gasteiger charge is 2.26. The van der Waals surface area contributed by atoms with Crippen LogP contribution in [0.1, 0.15) is 36.9 Å². The standard InChI is InChI=1S/C17H21FN2O4S/c1-17(2,3)20-25(22,23)15-8-7-14(24-15)16(21)19-10-9-12-5-4-6-13(18)11-12/h4-8,11,20H,9-10H2,1-3H3,(H,19,21). The predicted octanol–water partition coefficient (Wildman–Crippen LogP) is 2.47. The minimum Gasteiger partial charge on any atom is -0.438 e. The third kappa shape index (κ3) is 5.68. The van der Waals surface area contributed by atoms with Crippen LogP contribution in [-0.2, 0) is 16.4 Å². The molecule has 0 saturated carbocycles. The fourth-order valence-corrected chi connectivity index (χ4v) is 3.49. The maximum absolute atomic E-state index is 13.1. The molecule has 1 aromatic carbocycles. The van der Waals surface area contributed by atoms with Crippen molar-refractivity contribution in [2.24, 2.45) is 0 Å². The van der Waals surface area contributed by atoms with E-state index in [0.29, 0.717) is 6.42 Å². The fourth-order valence-electron chi connectivity index (χ4n) is 2.14. The molecule has 136 valence electrons. The SMILES string of the molecule is CC(C)(C)NS(=O)(=O)c1ccc(C(=O)NCCc2cccc(F)c2)o1. The second-order valence-electron chi connectivity index (χ2n) is 6.61. The molecular weight excluding hydrogens is 347 g/mol. The van der Waals surface area contributed by atoms with E-state index in [9.17, 15) is 17.6 Å². The first-order chi connectivity index (χ1) is 11.6. The van der Waals surface area contributed by atoms with Gasteiger partial charge in [-0.3, -0.25) is 4.79 Å². The quantitative estimate of drug-likeness (QED) is 0.820. The zero-order valence-electron chi connectivity index (χ0n) is 14.3. The summed E-state index contributed by atoms with van der Waals surface area (Å²) in [7, 11) is -3.84. The van der Waals surface area contributed by atoms with E-state index in [-0.39, 0.29) is 23.2 Å². The van der Waals surface area contributed by atoms with Crippen LogP contribution >= 0.6 is 0 Å². The molecule has 1 amide bonds. The van der Waals surface area contributed by atoms with Gasteiger partial charge in [0.05, 0.1) is 0 Å². The molecule has 0 unspecified atom stereocenters. The molecular formula is C17H21FN2O4S. The van der Waals surface area contributed by atoms with Crippen LogP contribution in [0.2, 0.25) is 0 Å². The normalized spacial score (nSPS) is 12.2. The molecule has 0 aliphatic heterocycles. The number of hydrogen-bond acceptors (Lipinski definition) is 4. The van der Waals surface area contributed by atoms with Gasteiger partial charge in [0.1, 0.15) is 5.82 Å². The molecule has 0 saturated heterocycles. The maximum Gasteiger partial charge on any atom is 0.287 e. The van der Waals surface area contributed by atoms with Crippen LogP contribution in [0.5, 0.6) is 0 Å². The summed E-state index contributed by atoms with van der Waals surface area (Å²) in [5.74, 6) is -0.974. The lowest BCUT2D eigenvalue weighted by molar-refractivity contribution is 0.0921. The summed E-state index contributed by atoms with van der Waals surface area (Å²) in [6.07, 6.45) is 0.445. The van der Waals surface area contributed by atoms with Crippen molar-refractivity contribution in [1.82, 2.24) is 10.0 Å². The van der Waals surface area contributed by atoms with E-state index in [0.717, 1.165) is 5.56 Å². The Morgan fingerprint density at radius 1 is 1.20 bits per heavy atom. The Bertz CT molecular complexity index is 854. The van der Waals surface area contributed by atoms with Crippen LogP contribution in [0, 0.1) is 5.82 Å². The molecule has 0 aliphatic rings. The number of hydrogen-bond donors (Lipinski definition) is 2. The molecule has 0 bridgehead atoms. The number of benzene rings is 1. The number of nitrogens with one attached hydrogen (secondary N) is 2. The molecule has 0 atom stereocenters. The van der Waals surface area contributed by atoms with E-state index in [1.165, 1.54) is 24.3 Å². The Balaban J connectivity index is 1.96. The van der Waals surface area contributed by atoms with Gasteiger partial charge in [0.15, 0.2) is 5.76 Å². The van der Waals surface area contributed by atoms with Crippen LogP contribution in [0.25, 0.3) is 0 Å². The molecule has 2 N–H and O–H groups in total. The Kier molecular flexibility index (Phi) is 5.64. The topological polar surface area (TPSA) is 88.4 Å². The zero-order chi connectivity index (χ0) is 18.7. The van der Waals surface area contributed by atoms with E-state index in [2.05, 4.69) is 10.0 Å². The molecule has 0 radical (unpaired) electrons. The Labute approximate surface area is 146 Å². The predicted molar refractivity (Wildman–Crippen MR) is 91.2 cm³/mol. The largest absolute Gasteiger partial charge is 0.438 e. The minimum absolute atomic E-state index is 0.103. The van der Waals surface area contributed by atoms with Gasteiger partial charge in [-0.25, -0.2) is 17.5 Å². The Morgan fingerprint density at radius 3 is 2.56 bits per heavy atom. The molecule has 1 heterocycles. The highest BCUT2D eigenvalue weighted by atomic mass is 32.2. The summed E-state index contributed by atoms with van der Waals surface area (Å²) in [6, 6.07) is 8.62. The van der Waals surface area contributed by atoms with Crippen LogP contribution < -0.4 is 10.0 Å². The molecule has 1 aromatic heterocycles. The maximum atomic E-state index is 13.1. The highest BCUT2D eigenvalue weighted by Crippen LogP contribution is 2.16. The number of carbonyl (C=O) groups excluding carboxylic acids is 1. The summed E-state index contributed by atoms with van der Waals surface area (Å²) in [5, 5.41) is 2.29. The first kappa shape index (κ1) is 19.1. The Morgan fingerprint density at radius 2 is 1.92 bits per heavy atom. The van der Waals surface area contributed by atoms with Crippen molar-refractivity contribution in [3.8, 4) is 0 Å². The lowest BCUT2D eigenvalue weighted by atomic mass is 10.1. The number of carbonyl (C=O) groups is 1. The molecule has 2 rings (SSSR count). The lowest BCUT2D eigenvalue weighted by Gasteiger charge is -2.18. The Hall–Kier alpha value is -2.19. The van der Waals surface area contributed by atoms with Gasteiger partial charge in [-0.05, 0) is 57.0 Å². The van der Waals surface area contributed by atoms with Crippen LogP contribution in [0.15, 0.2) is 45.9 Å². The second-order valence-corrected chi connectivity index (χ2v) is 8.22. The number of rotatable bonds is 6. The van der Waals surface area contributed by atoms with Crippen molar-refractivity contribution < 1.29 is 22.0 Å². The monoisotopic (exact) mass is 368 g/mol. The first-order valence-corrected chi connectivity index (χ1v) is 9.22. The van der Waals surface area contributed by atoms with Crippen molar-refractivity contribution in [3.63, 3.8) is 0 Å². The average molecular weight is 368 g/mol. The highest BCUT2D eigenvalue weighted by molar-refractivity contribution is 7.89. The molecule has 6 nitrogen and oxygen atoms in total. The van der Waals surface area contributed by atoms with Crippen molar-refractivity contribution >= 4 is 15.9 Å². The van der Waals surface area contributed by atoms with Gasteiger partial charge in [-0.15, -0.1) is 0 Å². The number of halogens is 1. The molecule has 0 aliphatic carbocycles. The number of sulfonamides is 1. The third-order valence-electron chi connectivity index (χ3n) is 3.10. The summed E-state index contributed by atoms with van der Waals surface area (Å²) < 4.78 is 45.0. The third-order valence-corrected chi connectivity index (χ3v) is 4.73. The van der Waals surface area contributed by atoms with Gasteiger partial charge in [0.25, 0.3) is 15.9 Å². The fraction of sp³-hybridized carbons (Fsp3) is 0.353. The first-order valence-electron chi connectivity index (χ1n) is 7.73. The van der Waals surface area contributed by atoms with Gasteiger partial charge in [-0.2, -0.15) is 0 Å². The lowest BCUT2D eigenvalue weighted by Crippen LogP contribution is -2.40. The van der Waals surface area contributed by atoms with Crippen molar-refractivity contribution in [3.05, 3.63) is 53.5 Å². The summed E-state index contributed by atoms with van der Waals surface area (Å²) >= 11 is 0. The van der Waals surface area contributed by atoms with Gasteiger partial charge in [0, 0.05) is 12.1 Å². The summed E-state index contributed by atoms with van der Waals surface area (Å²) in [4.78, 5) is 12.0. The van der Waals surface area contributed by atoms with Crippen LogP contribution in [0.3, 0.4) is 0 Å². The molecule has 25 heavy (non-hydrogen) atoms. The second kappa shape index (κ2) is 7.37. The number of furan rings is 1. The number of amides is 1. The van der Waals surface area contributed by atoms with Crippen molar-refractivity contribution in [1.29, 1.82) is 0 Å². The van der Waals surface area contributed by atoms with Crippen LogP contribution in [0.4, 0.5) is 4.39 Å². The van der Waals surface area contributed by atoms with Gasteiger partial charge < -0.3 is 9.73 Å². The molecule has 0 spiro atoms. The van der Waals surface area contributed by atoms with Crippen LogP contribution in [-0.4, -0.2) is 26.4 Å². The van der Waals surface area contributed by atoms with E-state index < -0.39 is 21.5 Å². The van der Waals surface area contributed by atoms with Crippen molar-refractivity contribution in [2.45, 2.75) is 37.8 Å². The molecule has 2 aromatic rings. The average Bonchev–Trinajstić information content (AvgIpc) is 2.95. The zero-order valence-corrected chi connectivity index (χ0v) is 15.1. The molecule has 0 fully saturated rings.